The van der Waals surface area contributed by atoms with Crippen LogP contribution in [0.4, 0.5) is 0 Å². The molecular weight excluding hydrogens is 260 g/mol. The summed E-state index contributed by atoms with van der Waals surface area (Å²) in [5, 5.41) is 0.739. The predicted octanol–water partition coefficient (Wildman–Crippen LogP) is 2.78. The number of nitrogens with two attached hydrogens (primary N) is 1. The minimum Gasteiger partial charge on any atom is -0.492 e. The van der Waals surface area contributed by atoms with Gasteiger partial charge in [-0.2, -0.15) is 0 Å². The highest BCUT2D eigenvalue weighted by Gasteiger charge is 2.22. The molecule has 1 saturated heterocycles. The zero-order valence-electron chi connectivity index (χ0n) is 11.5. The lowest BCUT2D eigenvalue weighted by Crippen LogP contribution is -2.43. The summed E-state index contributed by atoms with van der Waals surface area (Å²) in [6, 6.07) is 7.81. The van der Waals surface area contributed by atoms with E-state index in [9.17, 15) is 0 Å². The quantitative estimate of drug-likeness (QED) is 0.902. The van der Waals surface area contributed by atoms with Crippen LogP contribution in [0.2, 0.25) is 5.02 Å². The Morgan fingerprint density at radius 2 is 2.16 bits per heavy atom. The van der Waals surface area contributed by atoms with Crippen molar-refractivity contribution in [3.63, 3.8) is 0 Å². The fourth-order valence-electron chi connectivity index (χ4n) is 2.55. The molecule has 1 fully saturated rings. The van der Waals surface area contributed by atoms with Gasteiger partial charge in [-0.25, -0.2) is 0 Å². The molecule has 3 nitrogen and oxygen atoms in total. The Balaban J connectivity index is 1.72. The lowest BCUT2D eigenvalue weighted by Gasteiger charge is -2.34. The van der Waals surface area contributed by atoms with E-state index in [-0.39, 0.29) is 0 Å². The number of halogens is 1. The van der Waals surface area contributed by atoms with Crippen LogP contribution in [-0.2, 0) is 0 Å². The molecule has 2 atom stereocenters. The molecule has 0 saturated carbocycles. The molecule has 106 valence electrons. The van der Waals surface area contributed by atoms with Crippen molar-refractivity contribution in [3.05, 3.63) is 29.3 Å². The average Bonchev–Trinajstić information content (AvgIpc) is 2.41. The SMILES string of the molecule is CC(N)C1CCCN(CCOc2ccc(Cl)cc2)C1. The Morgan fingerprint density at radius 1 is 1.42 bits per heavy atom. The molecule has 1 heterocycles. The fourth-order valence-corrected chi connectivity index (χ4v) is 2.67. The minimum atomic E-state index is 0.292. The third kappa shape index (κ3) is 4.68. The summed E-state index contributed by atoms with van der Waals surface area (Å²) in [4.78, 5) is 2.45. The highest BCUT2D eigenvalue weighted by molar-refractivity contribution is 6.30. The first-order chi connectivity index (χ1) is 9.15. The van der Waals surface area contributed by atoms with Gasteiger partial charge in [0.15, 0.2) is 0 Å². The number of benzene rings is 1. The second-order valence-corrected chi connectivity index (χ2v) is 5.80. The van der Waals surface area contributed by atoms with Gasteiger partial charge in [-0.3, -0.25) is 4.90 Å². The third-order valence-corrected chi connectivity index (χ3v) is 4.03. The molecule has 0 radical (unpaired) electrons. The summed E-state index contributed by atoms with van der Waals surface area (Å²) >= 11 is 5.84. The van der Waals surface area contributed by atoms with Crippen molar-refractivity contribution in [2.45, 2.75) is 25.8 Å². The van der Waals surface area contributed by atoms with Crippen LogP contribution in [0.5, 0.6) is 5.75 Å². The lowest BCUT2D eigenvalue weighted by molar-refractivity contribution is 0.137. The molecule has 0 aromatic heterocycles. The van der Waals surface area contributed by atoms with Crippen LogP contribution in [0.3, 0.4) is 0 Å². The van der Waals surface area contributed by atoms with Gasteiger partial charge < -0.3 is 10.5 Å². The maximum absolute atomic E-state index is 5.99. The van der Waals surface area contributed by atoms with Crippen molar-refractivity contribution in [1.29, 1.82) is 0 Å². The first kappa shape index (κ1) is 14.6. The molecule has 4 heteroatoms. The van der Waals surface area contributed by atoms with Crippen molar-refractivity contribution < 1.29 is 4.74 Å². The first-order valence-electron chi connectivity index (χ1n) is 7.01. The van der Waals surface area contributed by atoms with E-state index in [0.29, 0.717) is 18.6 Å². The molecule has 0 aliphatic carbocycles. The predicted molar refractivity (Wildman–Crippen MR) is 79.8 cm³/mol. The molecule has 0 spiro atoms. The smallest absolute Gasteiger partial charge is 0.119 e. The zero-order valence-corrected chi connectivity index (χ0v) is 12.3. The van der Waals surface area contributed by atoms with Crippen molar-refractivity contribution in [3.8, 4) is 5.75 Å². The maximum Gasteiger partial charge on any atom is 0.119 e. The number of likely N-dealkylation sites (tertiary alicyclic amines) is 1. The lowest BCUT2D eigenvalue weighted by atomic mass is 9.92. The van der Waals surface area contributed by atoms with Crippen LogP contribution in [0, 0.1) is 5.92 Å². The van der Waals surface area contributed by atoms with Gasteiger partial charge in [0.1, 0.15) is 12.4 Å². The summed E-state index contributed by atoms with van der Waals surface area (Å²) in [5.74, 6) is 1.51. The monoisotopic (exact) mass is 282 g/mol. The topological polar surface area (TPSA) is 38.5 Å². The van der Waals surface area contributed by atoms with Crippen LogP contribution >= 0.6 is 11.6 Å². The molecule has 19 heavy (non-hydrogen) atoms. The number of rotatable bonds is 5. The third-order valence-electron chi connectivity index (χ3n) is 3.78. The Labute approximate surface area is 120 Å². The summed E-state index contributed by atoms with van der Waals surface area (Å²) in [6.07, 6.45) is 2.50. The van der Waals surface area contributed by atoms with Gasteiger partial charge >= 0.3 is 0 Å². The molecule has 2 unspecified atom stereocenters. The fraction of sp³-hybridized carbons (Fsp3) is 0.600. The van der Waals surface area contributed by atoms with Crippen LogP contribution in [0.1, 0.15) is 19.8 Å². The van der Waals surface area contributed by atoms with Crippen LogP contribution in [0.25, 0.3) is 0 Å². The van der Waals surface area contributed by atoms with Gasteiger partial charge in [-0.05, 0) is 56.5 Å². The van der Waals surface area contributed by atoms with E-state index in [2.05, 4.69) is 11.8 Å². The Morgan fingerprint density at radius 3 is 2.84 bits per heavy atom. The summed E-state index contributed by atoms with van der Waals surface area (Å²) in [7, 11) is 0. The van der Waals surface area contributed by atoms with E-state index in [1.54, 1.807) is 0 Å². The zero-order chi connectivity index (χ0) is 13.7. The molecule has 2 N–H and O–H groups in total. The largest absolute Gasteiger partial charge is 0.492 e. The van der Waals surface area contributed by atoms with Crippen molar-refractivity contribution >= 4 is 11.6 Å². The number of ether oxygens (including phenoxy) is 1. The van der Waals surface area contributed by atoms with E-state index in [1.165, 1.54) is 12.8 Å². The molecule has 0 amide bonds. The summed E-state index contributed by atoms with van der Waals surface area (Å²) < 4.78 is 5.73. The number of nitrogens with zero attached hydrogens (tertiary/aromatic N) is 1. The van der Waals surface area contributed by atoms with E-state index in [1.807, 2.05) is 24.3 Å². The van der Waals surface area contributed by atoms with Crippen LogP contribution in [0.15, 0.2) is 24.3 Å². The second kappa shape index (κ2) is 7.13. The van der Waals surface area contributed by atoms with E-state index >= 15 is 0 Å². The van der Waals surface area contributed by atoms with Crippen LogP contribution < -0.4 is 10.5 Å². The number of piperidine rings is 1. The summed E-state index contributed by atoms with van der Waals surface area (Å²) in [6.45, 7) is 6.05. The van der Waals surface area contributed by atoms with Crippen molar-refractivity contribution in [2.24, 2.45) is 11.7 Å². The number of hydrogen-bond acceptors (Lipinski definition) is 3. The molecule has 0 bridgehead atoms. The molecule has 1 aromatic rings. The first-order valence-corrected chi connectivity index (χ1v) is 7.39. The highest BCUT2D eigenvalue weighted by atomic mass is 35.5. The van der Waals surface area contributed by atoms with E-state index < -0.39 is 0 Å². The molecule has 1 aliphatic rings. The van der Waals surface area contributed by atoms with Crippen molar-refractivity contribution in [1.82, 2.24) is 4.90 Å². The molecular formula is C15H23ClN2O. The van der Waals surface area contributed by atoms with Gasteiger partial charge in [0.2, 0.25) is 0 Å². The van der Waals surface area contributed by atoms with Gasteiger partial charge in [0, 0.05) is 24.2 Å². The van der Waals surface area contributed by atoms with Crippen LogP contribution in [-0.4, -0.2) is 37.2 Å². The Bertz CT molecular complexity index is 380. The molecule has 2 rings (SSSR count). The second-order valence-electron chi connectivity index (χ2n) is 5.36. The normalized spacial score (nSPS) is 22.2. The maximum atomic E-state index is 5.99. The number of hydrogen-bond donors (Lipinski definition) is 1. The molecule has 1 aliphatic heterocycles. The highest BCUT2D eigenvalue weighted by Crippen LogP contribution is 2.19. The average molecular weight is 283 g/mol. The Hall–Kier alpha value is -0.770. The van der Waals surface area contributed by atoms with Gasteiger partial charge in [-0.1, -0.05) is 11.6 Å². The van der Waals surface area contributed by atoms with Gasteiger partial charge in [0.05, 0.1) is 0 Å². The standard InChI is InChI=1S/C15H23ClN2O/c1-12(17)13-3-2-8-18(11-13)9-10-19-15-6-4-14(16)5-7-15/h4-7,12-13H,2-3,8-11,17H2,1H3. The Kier molecular flexibility index (Phi) is 5.49. The van der Waals surface area contributed by atoms with E-state index in [4.69, 9.17) is 22.1 Å². The van der Waals surface area contributed by atoms with Crippen molar-refractivity contribution in [2.75, 3.05) is 26.2 Å². The van der Waals surface area contributed by atoms with Gasteiger partial charge in [-0.15, -0.1) is 0 Å². The molecule has 1 aromatic carbocycles. The minimum absolute atomic E-state index is 0.292. The summed E-state index contributed by atoms with van der Waals surface area (Å²) in [5.41, 5.74) is 5.99. The van der Waals surface area contributed by atoms with E-state index in [0.717, 1.165) is 30.4 Å². The van der Waals surface area contributed by atoms with Gasteiger partial charge in [0.25, 0.3) is 0 Å².